The van der Waals surface area contributed by atoms with Crippen molar-refractivity contribution in [1.29, 1.82) is 0 Å². The van der Waals surface area contributed by atoms with E-state index in [1.54, 1.807) is 25.3 Å². The molecule has 6 heteroatoms. The highest BCUT2D eigenvalue weighted by atomic mass is 16.5. The van der Waals surface area contributed by atoms with Crippen LogP contribution in [-0.4, -0.2) is 37.0 Å². The third kappa shape index (κ3) is 3.90. The van der Waals surface area contributed by atoms with Crippen molar-refractivity contribution in [3.8, 4) is 11.5 Å². The van der Waals surface area contributed by atoms with Crippen LogP contribution in [0.2, 0.25) is 0 Å². The third-order valence-electron chi connectivity index (χ3n) is 5.15. The number of methoxy groups -OCH3 is 2. The first kappa shape index (κ1) is 21.4. The first-order chi connectivity index (χ1) is 14.3. The molecule has 2 aromatic carbocycles. The SMILES string of the molecule is COc1ccc(C2=C(Nc3ccc(C(C)C)cc3)C(=O)N(C(C)C)C2=O)cc1OC. The summed E-state index contributed by atoms with van der Waals surface area (Å²) in [6.45, 7) is 7.89. The van der Waals surface area contributed by atoms with Gasteiger partial charge in [0, 0.05) is 11.7 Å². The van der Waals surface area contributed by atoms with Gasteiger partial charge in [-0.2, -0.15) is 0 Å². The lowest BCUT2D eigenvalue weighted by atomic mass is 10.0. The molecule has 1 aliphatic rings. The van der Waals surface area contributed by atoms with Crippen LogP contribution in [0.15, 0.2) is 48.2 Å². The molecule has 0 aliphatic carbocycles. The van der Waals surface area contributed by atoms with E-state index < -0.39 is 0 Å². The van der Waals surface area contributed by atoms with Crippen molar-refractivity contribution in [2.75, 3.05) is 19.5 Å². The minimum atomic E-state index is -0.340. The van der Waals surface area contributed by atoms with Crippen molar-refractivity contribution in [3.63, 3.8) is 0 Å². The molecule has 0 unspecified atom stereocenters. The molecule has 0 fully saturated rings. The van der Waals surface area contributed by atoms with E-state index in [0.29, 0.717) is 28.6 Å². The van der Waals surface area contributed by atoms with Crippen LogP contribution in [0.1, 0.15) is 44.7 Å². The van der Waals surface area contributed by atoms with Crippen molar-refractivity contribution in [2.45, 2.75) is 39.7 Å². The van der Waals surface area contributed by atoms with Crippen LogP contribution in [0.3, 0.4) is 0 Å². The molecule has 6 nitrogen and oxygen atoms in total. The van der Waals surface area contributed by atoms with Crippen molar-refractivity contribution in [2.24, 2.45) is 0 Å². The summed E-state index contributed by atoms with van der Waals surface area (Å²) in [5.74, 6) is 0.785. The molecule has 2 aromatic rings. The van der Waals surface area contributed by atoms with Crippen molar-refractivity contribution in [1.82, 2.24) is 4.90 Å². The van der Waals surface area contributed by atoms with Gasteiger partial charge in [-0.25, -0.2) is 0 Å². The maximum atomic E-state index is 13.2. The summed E-state index contributed by atoms with van der Waals surface area (Å²) in [5, 5.41) is 3.18. The highest BCUT2D eigenvalue weighted by Gasteiger charge is 2.40. The lowest BCUT2D eigenvalue weighted by molar-refractivity contribution is -0.138. The summed E-state index contributed by atoms with van der Waals surface area (Å²) in [4.78, 5) is 27.6. The number of carbonyl (C=O) groups is 2. The van der Waals surface area contributed by atoms with Gasteiger partial charge >= 0.3 is 0 Å². The molecule has 1 aliphatic heterocycles. The monoisotopic (exact) mass is 408 g/mol. The topological polar surface area (TPSA) is 67.9 Å². The number of nitrogens with zero attached hydrogens (tertiary/aromatic N) is 1. The van der Waals surface area contributed by atoms with E-state index in [2.05, 4.69) is 19.2 Å². The molecule has 30 heavy (non-hydrogen) atoms. The van der Waals surface area contributed by atoms with Crippen LogP contribution < -0.4 is 14.8 Å². The molecule has 1 N–H and O–H groups in total. The Balaban J connectivity index is 2.09. The number of benzene rings is 2. The fourth-order valence-corrected chi connectivity index (χ4v) is 3.49. The van der Waals surface area contributed by atoms with Crippen molar-refractivity contribution >= 4 is 23.1 Å². The highest BCUT2D eigenvalue weighted by molar-refractivity contribution is 6.36. The summed E-state index contributed by atoms with van der Waals surface area (Å²) in [5.41, 5.74) is 3.13. The van der Waals surface area contributed by atoms with Crippen LogP contribution in [0.4, 0.5) is 5.69 Å². The van der Waals surface area contributed by atoms with E-state index >= 15 is 0 Å². The van der Waals surface area contributed by atoms with E-state index in [1.807, 2.05) is 38.1 Å². The second-order valence-corrected chi connectivity index (χ2v) is 7.80. The van der Waals surface area contributed by atoms with Gasteiger partial charge in [-0.1, -0.05) is 32.0 Å². The predicted octanol–water partition coefficient (Wildman–Crippen LogP) is 4.43. The van der Waals surface area contributed by atoms with Gasteiger partial charge in [0.2, 0.25) is 0 Å². The Kier molecular flexibility index (Phi) is 6.15. The Labute approximate surface area is 177 Å². The number of rotatable bonds is 7. The fourth-order valence-electron chi connectivity index (χ4n) is 3.49. The molecule has 2 amide bonds. The third-order valence-corrected chi connectivity index (χ3v) is 5.15. The lowest BCUT2D eigenvalue weighted by Crippen LogP contribution is -2.38. The predicted molar refractivity (Wildman–Crippen MR) is 118 cm³/mol. The Bertz CT molecular complexity index is 991. The summed E-state index contributed by atoms with van der Waals surface area (Å²) < 4.78 is 10.7. The second-order valence-electron chi connectivity index (χ2n) is 7.80. The number of ether oxygens (including phenoxy) is 2. The highest BCUT2D eigenvalue weighted by Crippen LogP contribution is 2.36. The first-order valence-corrected chi connectivity index (χ1v) is 10.00. The van der Waals surface area contributed by atoms with Crippen LogP contribution >= 0.6 is 0 Å². The number of nitrogens with one attached hydrogen (secondary N) is 1. The molecule has 158 valence electrons. The Morgan fingerprint density at radius 3 is 2.00 bits per heavy atom. The molecule has 0 aromatic heterocycles. The Morgan fingerprint density at radius 2 is 1.47 bits per heavy atom. The average Bonchev–Trinajstić information content (AvgIpc) is 2.97. The number of imide groups is 1. The largest absolute Gasteiger partial charge is 0.493 e. The van der Waals surface area contributed by atoms with Gasteiger partial charge in [0.05, 0.1) is 19.8 Å². The van der Waals surface area contributed by atoms with E-state index in [1.165, 1.54) is 17.6 Å². The molecule has 0 saturated carbocycles. The summed E-state index contributed by atoms with van der Waals surface area (Å²) in [6.07, 6.45) is 0. The smallest absolute Gasteiger partial charge is 0.278 e. The maximum absolute atomic E-state index is 13.2. The summed E-state index contributed by atoms with van der Waals surface area (Å²) in [6, 6.07) is 12.8. The van der Waals surface area contributed by atoms with Crippen LogP contribution in [0, 0.1) is 0 Å². The van der Waals surface area contributed by atoms with Crippen molar-refractivity contribution in [3.05, 3.63) is 59.3 Å². The van der Waals surface area contributed by atoms with E-state index in [9.17, 15) is 9.59 Å². The number of hydrogen-bond donors (Lipinski definition) is 1. The molecule has 3 rings (SSSR count). The molecular formula is C24H28N2O4. The fraction of sp³-hybridized carbons (Fsp3) is 0.333. The van der Waals surface area contributed by atoms with E-state index in [-0.39, 0.29) is 23.6 Å². The van der Waals surface area contributed by atoms with Crippen molar-refractivity contribution < 1.29 is 19.1 Å². The maximum Gasteiger partial charge on any atom is 0.278 e. The van der Waals surface area contributed by atoms with Crippen LogP contribution in [0.25, 0.3) is 5.57 Å². The number of amides is 2. The summed E-state index contributed by atoms with van der Waals surface area (Å²) in [7, 11) is 3.09. The number of anilines is 1. The normalized spacial score (nSPS) is 14.2. The van der Waals surface area contributed by atoms with Gasteiger partial charge in [0.1, 0.15) is 5.70 Å². The molecule has 1 heterocycles. The van der Waals surface area contributed by atoms with E-state index in [4.69, 9.17) is 9.47 Å². The molecule has 0 spiro atoms. The standard InChI is InChI=1S/C24H28N2O4/c1-14(2)16-7-10-18(11-8-16)25-22-21(23(27)26(15(3)4)24(22)28)17-9-12-19(29-5)20(13-17)30-6/h7-15,25H,1-6H3. The zero-order valence-corrected chi connectivity index (χ0v) is 18.3. The van der Waals surface area contributed by atoms with Gasteiger partial charge in [0.15, 0.2) is 11.5 Å². The second kappa shape index (κ2) is 8.61. The van der Waals surface area contributed by atoms with Crippen LogP contribution in [-0.2, 0) is 9.59 Å². The van der Waals surface area contributed by atoms with E-state index in [0.717, 1.165) is 5.69 Å². The van der Waals surface area contributed by atoms with Gasteiger partial charge in [0.25, 0.3) is 11.8 Å². The lowest BCUT2D eigenvalue weighted by Gasteiger charge is -2.19. The minimum absolute atomic E-state index is 0.261. The van der Waals surface area contributed by atoms with Gasteiger partial charge in [-0.05, 0) is 55.2 Å². The molecule has 0 radical (unpaired) electrons. The van der Waals surface area contributed by atoms with Crippen LogP contribution in [0.5, 0.6) is 11.5 Å². The van der Waals surface area contributed by atoms with Gasteiger partial charge in [-0.15, -0.1) is 0 Å². The van der Waals surface area contributed by atoms with Gasteiger partial charge < -0.3 is 14.8 Å². The number of carbonyl (C=O) groups excluding carboxylic acids is 2. The molecule has 0 bridgehead atoms. The summed E-state index contributed by atoms with van der Waals surface area (Å²) >= 11 is 0. The minimum Gasteiger partial charge on any atom is -0.493 e. The molecular weight excluding hydrogens is 380 g/mol. The van der Waals surface area contributed by atoms with Gasteiger partial charge in [-0.3, -0.25) is 14.5 Å². The molecule has 0 atom stereocenters. The zero-order valence-electron chi connectivity index (χ0n) is 18.3. The quantitative estimate of drug-likeness (QED) is 0.687. The zero-order chi connectivity index (χ0) is 22.0. The Hall–Kier alpha value is -3.28. The molecule has 0 saturated heterocycles. The Morgan fingerprint density at radius 1 is 0.833 bits per heavy atom. The first-order valence-electron chi connectivity index (χ1n) is 10.00. The number of hydrogen-bond acceptors (Lipinski definition) is 5. The average molecular weight is 408 g/mol.